The van der Waals surface area contributed by atoms with E-state index < -0.39 is 0 Å². The van der Waals surface area contributed by atoms with Gasteiger partial charge in [-0.1, -0.05) is 15.9 Å². The lowest BCUT2D eigenvalue weighted by atomic mass is 10.2. The molecule has 0 aliphatic carbocycles. The van der Waals surface area contributed by atoms with Crippen LogP contribution in [0.2, 0.25) is 0 Å². The minimum absolute atomic E-state index is 0.231. The molecule has 2 aromatic rings. The Labute approximate surface area is 101 Å². The highest BCUT2D eigenvalue weighted by molar-refractivity contribution is 9.10. The molecule has 0 spiro atoms. The van der Waals surface area contributed by atoms with Gasteiger partial charge in [0.1, 0.15) is 11.6 Å². The zero-order chi connectivity index (χ0) is 11.5. The monoisotopic (exact) mass is 283 g/mol. The summed E-state index contributed by atoms with van der Waals surface area (Å²) in [6.07, 6.45) is 1.71. The molecule has 0 fully saturated rings. The number of anilines is 1. The summed E-state index contributed by atoms with van der Waals surface area (Å²) in [5.74, 6) is 0.668. The van der Waals surface area contributed by atoms with Gasteiger partial charge >= 0.3 is 0 Å². The van der Waals surface area contributed by atoms with Crippen molar-refractivity contribution in [2.45, 2.75) is 6.54 Å². The summed E-state index contributed by atoms with van der Waals surface area (Å²) in [7, 11) is 1.85. The van der Waals surface area contributed by atoms with E-state index in [1.807, 2.05) is 13.1 Å². The lowest BCUT2D eigenvalue weighted by Gasteiger charge is -2.08. The maximum absolute atomic E-state index is 13.0. The number of aromatic nitrogens is 2. The smallest absolute Gasteiger partial charge is 0.124 e. The summed E-state index contributed by atoms with van der Waals surface area (Å²) in [6, 6.07) is 6.51. The minimum atomic E-state index is -0.231. The van der Waals surface area contributed by atoms with Crippen molar-refractivity contribution in [1.29, 1.82) is 0 Å². The Hall–Kier alpha value is -1.36. The van der Waals surface area contributed by atoms with Crippen LogP contribution in [0.1, 0.15) is 5.56 Å². The highest BCUT2D eigenvalue weighted by atomic mass is 79.9. The van der Waals surface area contributed by atoms with Gasteiger partial charge in [0.15, 0.2) is 0 Å². The Bertz CT molecular complexity index is 496. The van der Waals surface area contributed by atoms with Gasteiger partial charge in [-0.25, -0.2) is 4.39 Å². The number of nitrogens with zero attached hydrogens (tertiary/aromatic N) is 2. The first-order valence-corrected chi connectivity index (χ1v) is 5.62. The second kappa shape index (κ2) is 4.65. The van der Waals surface area contributed by atoms with Gasteiger partial charge in [0.2, 0.25) is 0 Å². The van der Waals surface area contributed by atoms with Crippen LogP contribution in [0.5, 0.6) is 0 Å². The number of hydrogen-bond donors (Lipinski definition) is 1. The molecule has 1 aromatic carbocycles. The standard InChI is InChI=1S/C11H11BrFN3/c1-16-11(4-5-15-16)14-7-8-6-9(13)2-3-10(8)12/h2-6,14H,7H2,1H3. The van der Waals surface area contributed by atoms with Crippen molar-refractivity contribution < 1.29 is 4.39 Å². The van der Waals surface area contributed by atoms with Crippen LogP contribution in [0, 0.1) is 5.82 Å². The topological polar surface area (TPSA) is 29.9 Å². The van der Waals surface area contributed by atoms with Gasteiger partial charge in [0, 0.05) is 24.1 Å². The SMILES string of the molecule is Cn1nccc1NCc1cc(F)ccc1Br. The molecule has 0 aliphatic heterocycles. The fourth-order valence-corrected chi connectivity index (χ4v) is 1.80. The van der Waals surface area contributed by atoms with E-state index in [-0.39, 0.29) is 5.82 Å². The maximum Gasteiger partial charge on any atom is 0.124 e. The summed E-state index contributed by atoms with van der Waals surface area (Å²) < 4.78 is 15.6. The number of rotatable bonds is 3. The van der Waals surface area contributed by atoms with E-state index in [2.05, 4.69) is 26.3 Å². The number of benzene rings is 1. The van der Waals surface area contributed by atoms with E-state index in [4.69, 9.17) is 0 Å². The largest absolute Gasteiger partial charge is 0.366 e. The van der Waals surface area contributed by atoms with Gasteiger partial charge in [-0.2, -0.15) is 5.10 Å². The number of nitrogens with one attached hydrogen (secondary N) is 1. The fourth-order valence-electron chi connectivity index (χ4n) is 1.41. The summed E-state index contributed by atoms with van der Waals surface area (Å²) >= 11 is 3.38. The Morgan fingerprint density at radius 3 is 2.94 bits per heavy atom. The number of halogens is 2. The van der Waals surface area contributed by atoms with Crippen LogP contribution < -0.4 is 5.32 Å². The summed E-state index contributed by atoms with van der Waals surface area (Å²) in [6.45, 7) is 0.553. The third-order valence-corrected chi connectivity index (χ3v) is 3.06. The average molecular weight is 284 g/mol. The van der Waals surface area contributed by atoms with Crippen LogP contribution in [0.25, 0.3) is 0 Å². The van der Waals surface area contributed by atoms with E-state index in [9.17, 15) is 4.39 Å². The molecule has 0 bridgehead atoms. The summed E-state index contributed by atoms with van der Waals surface area (Å²) in [4.78, 5) is 0. The zero-order valence-corrected chi connectivity index (χ0v) is 10.3. The lowest BCUT2D eigenvalue weighted by molar-refractivity contribution is 0.625. The van der Waals surface area contributed by atoms with E-state index >= 15 is 0 Å². The number of hydrogen-bond acceptors (Lipinski definition) is 2. The van der Waals surface area contributed by atoms with Crippen LogP contribution in [0.15, 0.2) is 34.9 Å². The van der Waals surface area contributed by atoms with Crippen molar-refractivity contribution in [2.75, 3.05) is 5.32 Å². The molecule has 84 valence electrons. The predicted octanol–water partition coefficient (Wildman–Crippen LogP) is 2.93. The van der Waals surface area contributed by atoms with Crippen LogP contribution in [0.3, 0.4) is 0 Å². The summed E-state index contributed by atoms with van der Waals surface area (Å²) in [5.41, 5.74) is 0.876. The third kappa shape index (κ3) is 2.41. The molecular weight excluding hydrogens is 273 g/mol. The van der Waals surface area contributed by atoms with Crippen molar-refractivity contribution in [2.24, 2.45) is 7.05 Å². The molecule has 0 unspecified atom stereocenters. The van der Waals surface area contributed by atoms with Crippen LogP contribution >= 0.6 is 15.9 Å². The first-order chi connectivity index (χ1) is 7.66. The van der Waals surface area contributed by atoms with Crippen molar-refractivity contribution in [3.8, 4) is 0 Å². The lowest BCUT2D eigenvalue weighted by Crippen LogP contribution is -2.05. The Morgan fingerprint density at radius 2 is 2.25 bits per heavy atom. The van der Waals surface area contributed by atoms with Gasteiger partial charge in [-0.3, -0.25) is 4.68 Å². The second-order valence-electron chi connectivity index (χ2n) is 3.43. The molecule has 0 radical (unpaired) electrons. The van der Waals surface area contributed by atoms with Gasteiger partial charge in [-0.05, 0) is 23.8 Å². The van der Waals surface area contributed by atoms with E-state index in [1.165, 1.54) is 12.1 Å². The average Bonchev–Trinajstić information content (AvgIpc) is 2.66. The molecule has 3 nitrogen and oxygen atoms in total. The molecular formula is C11H11BrFN3. The van der Waals surface area contributed by atoms with Crippen molar-refractivity contribution >= 4 is 21.7 Å². The van der Waals surface area contributed by atoms with Crippen LogP contribution in [-0.4, -0.2) is 9.78 Å². The van der Waals surface area contributed by atoms with E-state index in [0.717, 1.165) is 15.9 Å². The van der Waals surface area contributed by atoms with Crippen molar-refractivity contribution in [1.82, 2.24) is 9.78 Å². The number of aryl methyl sites for hydroxylation is 1. The highest BCUT2D eigenvalue weighted by Gasteiger charge is 2.03. The molecule has 0 atom stereocenters. The van der Waals surface area contributed by atoms with Crippen molar-refractivity contribution in [3.05, 3.63) is 46.3 Å². The van der Waals surface area contributed by atoms with Crippen LogP contribution in [0.4, 0.5) is 10.2 Å². The molecule has 0 amide bonds. The molecule has 16 heavy (non-hydrogen) atoms. The van der Waals surface area contributed by atoms with Gasteiger partial charge in [-0.15, -0.1) is 0 Å². The van der Waals surface area contributed by atoms with E-state index in [1.54, 1.807) is 16.9 Å². The first-order valence-electron chi connectivity index (χ1n) is 4.82. The van der Waals surface area contributed by atoms with Gasteiger partial charge in [0.05, 0.1) is 6.20 Å². The summed E-state index contributed by atoms with van der Waals surface area (Å²) in [5, 5.41) is 7.22. The second-order valence-corrected chi connectivity index (χ2v) is 4.28. The maximum atomic E-state index is 13.0. The fraction of sp³-hybridized carbons (Fsp3) is 0.182. The first kappa shape index (κ1) is 11.1. The highest BCUT2D eigenvalue weighted by Crippen LogP contribution is 2.19. The van der Waals surface area contributed by atoms with E-state index in [0.29, 0.717) is 6.54 Å². The third-order valence-electron chi connectivity index (χ3n) is 2.29. The normalized spacial score (nSPS) is 10.4. The Balaban J connectivity index is 2.10. The van der Waals surface area contributed by atoms with Gasteiger partial charge in [0.25, 0.3) is 0 Å². The Morgan fingerprint density at radius 1 is 1.44 bits per heavy atom. The molecule has 1 N–H and O–H groups in total. The molecule has 0 saturated heterocycles. The molecule has 0 saturated carbocycles. The van der Waals surface area contributed by atoms with Crippen LogP contribution in [-0.2, 0) is 13.6 Å². The Kier molecular flexibility index (Phi) is 3.24. The quantitative estimate of drug-likeness (QED) is 0.939. The molecule has 1 heterocycles. The minimum Gasteiger partial charge on any atom is -0.366 e. The van der Waals surface area contributed by atoms with Gasteiger partial charge < -0.3 is 5.32 Å². The molecule has 0 aliphatic rings. The van der Waals surface area contributed by atoms with Crippen molar-refractivity contribution in [3.63, 3.8) is 0 Å². The zero-order valence-electron chi connectivity index (χ0n) is 8.74. The predicted molar refractivity (Wildman–Crippen MR) is 64.6 cm³/mol. The molecule has 1 aromatic heterocycles. The molecule has 5 heteroatoms. The molecule has 2 rings (SSSR count).